The van der Waals surface area contributed by atoms with Crippen LogP contribution in [0.4, 0.5) is 0 Å². The van der Waals surface area contributed by atoms with Crippen molar-refractivity contribution >= 4 is 11.3 Å². The second kappa shape index (κ2) is 4.78. The third-order valence-corrected chi connectivity index (χ3v) is 4.09. The van der Waals surface area contributed by atoms with Gasteiger partial charge < -0.3 is 4.74 Å². The van der Waals surface area contributed by atoms with Crippen molar-refractivity contribution in [2.75, 3.05) is 6.61 Å². The number of ether oxygens (including phenoxy) is 1. The molecular weight excluding hydrogens is 206 g/mol. The van der Waals surface area contributed by atoms with Gasteiger partial charge in [0.1, 0.15) is 6.10 Å². The molecule has 15 heavy (non-hydrogen) atoms. The van der Waals surface area contributed by atoms with Crippen molar-refractivity contribution in [3.8, 4) is 6.07 Å². The van der Waals surface area contributed by atoms with E-state index in [1.807, 2.05) is 0 Å². The molecule has 0 aromatic carbocycles. The van der Waals surface area contributed by atoms with Crippen LogP contribution in [0.2, 0.25) is 0 Å². The molecule has 0 aliphatic carbocycles. The molecule has 1 fully saturated rings. The molecular formula is C12H15NOS. The van der Waals surface area contributed by atoms with E-state index in [0.717, 1.165) is 25.9 Å². The van der Waals surface area contributed by atoms with Gasteiger partial charge in [-0.3, -0.25) is 0 Å². The third kappa shape index (κ3) is 2.22. The SMILES string of the molecule is CCc1ccc(C2OCCCC2C#N)s1. The van der Waals surface area contributed by atoms with Gasteiger partial charge >= 0.3 is 0 Å². The van der Waals surface area contributed by atoms with Crippen molar-refractivity contribution in [2.45, 2.75) is 32.3 Å². The van der Waals surface area contributed by atoms with E-state index >= 15 is 0 Å². The van der Waals surface area contributed by atoms with Crippen LogP contribution in [0, 0.1) is 17.2 Å². The van der Waals surface area contributed by atoms with Crippen LogP contribution in [-0.2, 0) is 11.2 Å². The van der Waals surface area contributed by atoms with Crippen LogP contribution in [0.15, 0.2) is 12.1 Å². The summed E-state index contributed by atoms with van der Waals surface area (Å²) in [5.74, 6) is 0.0436. The normalized spacial score (nSPS) is 26.1. The van der Waals surface area contributed by atoms with Gasteiger partial charge in [0.2, 0.25) is 0 Å². The standard InChI is InChI=1S/C12H15NOS/c1-2-10-5-6-11(15-10)12-9(8-13)4-3-7-14-12/h5-6,9,12H,2-4,7H2,1H3. The Balaban J connectivity index is 2.17. The monoisotopic (exact) mass is 221 g/mol. The van der Waals surface area contributed by atoms with E-state index in [-0.39, 0.29) is 12.0 Å². The second-order valence-electron chi connectivity index (χ2n) is 3.83. The Morgan fingerprint density at radius 2 is 2.47 bits per heavy atom. The molecule has 2 nitrogen and oxygen atoms in total. The van der Waals surface area contributed by atoms with Crippen LogP contribution in [0.3, 0.4) is 0 Å². The number of hydrogen-bond donors (Lipinski definition) is 0. The molecule has 2 atom stereocenters. The fourth-order valence-corrected chi connectivity index (χ4v) is 3.00. The van der Waals surface area contributed by atoms with Crippen molar-refractivity contribution in [1.29, 1.82) is 5.26 Å². The average molecular weight is 221 g/mol. The molecule has 3 heteroatoms. The van der Waals surface area contributed by atoms with E-state index in [2.05, 4.69) is 25.1 Å². The van der Waals surface area contributed by atoms with Gasteiger partial charge in [-0.15, -0.1) is 11.3 Å². The minimum atomic E-state index is 0.0223. The minimum Gasteiger partial charge on any atom is -0.371 e. The zero-order valence-electron chi connectivity index (χ0n) is 8.90. The summed E-state index contributed by atoms with van der Waals surface area (Å²) in [6.07, 6.45) is 3.07. The van der Waals surface area contributed by atoms with E-state index in [1.165, 1.54) is 9.75 Å². The maximum atomic E-state index is 9.06. The highest BCUT2D eigenvalue weighted by atomic mass is 32.1. The first-order valence-electron chi connectivity index (χ1n) is 5.45. The number of nitrogens with zero attached hydrogens (tertiary/aromatic N) is 1. The Morgan fingerprint density at radius 1 is 1.60 bits per heavy atom. The van der Waals surface area contributed by atoms with E-state index in [9.17, 15) is 0 Å². The molecule has 2 unspecified atom stereocenters. The van der Waals surface area contributed by atoms with E-state index in [1.54, 1.807) is 11.3 Å². The zero-order valence-corrected chi connectivity index (χ0v) is 9.72. The second-order valence-corrected chi connectivity index (χ2v) is 5.03. The van der Waals surface area contributed by atoms with Gasteiger partial charge in [0, 0.05) is 16.4 Å². The number of thiophene rings is 1. The Hall–Kier alpha value is -0.850. The van der Waals surface area contributed by atoms with Crippen molar-refractivity contribution in [3.05, 3.63) is 21.9 Å². The quantitative estimate of drug-likeness (QED) is 0.767. The van der Waals surface area contributed by atoms with E-state index < -0.39 is 0 Å². The van der Waals surface area contributed by atoms with Crippen LogP contribution in [0.1, 0.15) is 35.6 Å². The van der Waals surface area contributed by atoms with Gasteiger partial charge in [0.05, 0.1) is 12.0 Å². The van der Waals surface area contributed by atoms with E-state index in [4.69, 9.17) is 10.00 Å². The van der Waals surface area contributed by atoms with Gasteiger partial charge in [-0.1, -0.05) is 6.92 Å². The predicted octanol–water partition coefficient (Wildman–Crippen LogP) is 3.30. The first kappa shape index (κ1) is 10.7. The molecule has 1 aliphatic heterocycles. The molecule has 0 radical (unpaired) electrons. The lowest BCUT2D eigenvalue weighted by Gasteiger charge is -2.26. The number of nitriles is 1. The number of hydrogen-bond acceptors (Lipinski definition) is 3. The minimum absolute atomic E-state index is 0.0223. The molecule has 1 saturated heterocycles. The molecule has 0 saturated carbocycles. The molecule has 0 N–H and O–H groups in total. The number of rotatable bonds is 2. The smallest absolute Gasteiger partial charge is 0.107 e. The average Bonchev–Trinajstić information content (AvgIpc) is 2.77. The molecule has 0 bridgehead atoms. The fourth-order valence-electron chi connectivity index (χ4n) is 1.93. The molecule has 2 heterocycles. The summed E-state index contributed by atoms with van der Waals surface area (Å²) in [5, 5.41) is 9.06. The lowest BCUT2D eigenvalue weighted by Crippen LogP contribution is -2.20. The fraction of sp³-hybridized carbons (Fsp3) is 0.583. The van der Waals surface area contributed by atoms with Crippen LogP contribution in [-0.4, -0.2) is 6.61 Å². The topological polar surface area (TPSA) is 33.0 Å². The van der Waals surface area contributed by atoms with Gasteiger partial charge in [0.15, 0.2) is 0 Å². The summed E-state index contributed by atoms with van der Waals surface area (Å²) in [4.78, 5) is 2.59. The maximum absolute atomic E-state index is 9.06. The number of aryl methyl sites for hydroxylation is 1. The lowest BCUT2D eigenvalue weighted by atomic mass is 9.95. The Kier molecular flexibility index (Phi) is 3.40. The summed E-state index contributed by atoms with van der Waals surface area (Å²) < 4.78 is 5.71. The largest absolute Gasteiger partial charge is 0.371 e. The van der Waals surface area contributed by atoms with Crippen molar-refractivity contribution in [3.63, 3.8) is 0 Å². The van der Waals surface area contributed by atoms with Gasteiger partial charge in [-0.25, -0.2) is 0 Å². The van der Waals surface area contributed by atoms with Crippen LogP contribution in [0.5, 0.6) is 0 Å². The van der Waals surface area contributed by atoms with Crippen LogP contribution < -0.4 is 0 Å². The molecule has 0 spiro atoms. The molecule has 1 aromatic rings. The maximum Gasteiger partial charge on any atom is 0.107 e. The van der Waals surface area contributed by atoms with Crippen LogP contribution >= 0.6 is 11.3 Å². The molecule has 1 aliphatic rings. The summed E-state index contributed by atoms with van der Waals surface area (Å²) in [6.45, 7) is 2.95. The van der Waals surface area contributed by atoms with Crippen molar-refractivity contribution < 1.29 is 4.74 Å². The Morgan fingerprint density at radius 3 is 3.13 bits per heavy atom. The first-order chi connectivity index (χ1) is 7.35. The summed E-state index contributed by atoms with van der Waals surface area (Å²) in [6, 6.07) is 6.62. The van der Waals surface area contributed by atoms with Gasteiger partial charge in [-0.05, 0) is 31.4 Å². The van der Waals surface area contributed by atoms with Gasteiger partial charge in [-0.2, -0.15) is 5.26 Å². The molecule has 80 valence electrons. The van der Waals surface area contributed by atoms with Crippen molar-refractivity contribution in [2.24, 2.45) is 5.92 Å². The highest BCUT2D eigenvalue weighted by molar-refractivity contribution is 7.12. The van der Waals surface area contributed by atoms with Crippen molar-refractivity contribution in [1.82, 2.24) is 0 Å². The van der Waals surface area contributed by atoms with Gasteiger partial charge in [0.25, 0.3) is 0 Å². The first-order valence-corrected chi connectivity index (χ1v) is 6.26. The summed E-state index contributed by atoms with van der Waals surface area (Å²) in [7, 11) is 0. The van der Waals surface area contributed by atoms with Crippen LogP contribution in [0.25, 0.3) is 0 Å². The zero-order chi connectivity index (χ0) is 10.7. The summed E-state index contributed by atoms with van der Waals surface area (Å²) >= 11 is 1.78. The summed E-state index contributed by atoms with van der Waals surface area (Å²) in [5.41, 5.74) is 0. The Bertz CT molecular complexity index is 366. The molecule has 0 amide bonds. The lowest BCUT2D eigenvalue weighted by molar-refractivity contribution is -0.00791. The third-order valence-electron chi connectivity index (χ3n) is 2.80. The highest BCUT2D eigenvalue weighted by Crippen LogP contribution is 2.36. The molecule has 2 rings (SSSR count). The predicted molar refractivity (Wildman–Crippen MR) is 60.7 cm³/mol. The van der Waals surface area contributed by atoms with E-state index in [0.29, 0.717) is 0 Å². The Labute approximate surface area is 94.5 Å². The highest BCUT2D eigenvalue weighted by Gasteiger charge is 2.28. The molecule has 1 aromatic heterocycles.